The highest BCUT2D eigenvalue weighted by Gasteiger charge is 2.12. The van der Waals surface area contributed by atoms with Gasteiger partial charge >= 0.3 is 0 Å². The van der Waals surface area contributed by atoms with Gasteiger partial charge in [-0.1, -0.05) is 18.2 Å². The van der Waals surface area contributed by atoms with Crippen molar-refractivity contribution in [3.05, 3.63) is 59.9 Å². The first-order valence-corrected chi connectivity index (χ1v) is 7.50. The van der Waals surface area contributed by atoms with E-state index in [0.717, 1.165) is 11.4 Å². The van der Waals surface area contributed by atoms with Gasteiger partial charge in [-0.3, -0.25) is 4.98 Å². The Morgan fingerprint density at radius 2 is 1.76 bits per heavy atom. The summed E-state index contributed by atoms with van der Waals surface area (Å²) in [4.78, 5) is 4.40. The number of ether oxygens (including phenoxy) is 1. The van der Waals surface area contributed by atoms with E-state index in [9.17, 15) is 0 Å². The van der Waals surface area contributed by atoms with Crippen molar-refractivity contribution in [3.8, 4) is 5.75 Å². The van der Waals surface area contributed by atoms with Gasteiger partial charge in [0.15, 0.2) is 0 Å². The van der Waals surface area contributed by atoms with Crippen molar-refractivity contribution in [3.63, 3.8) is 0 Å². The van der Waals surface area contributed by atoms with E-state index in [1.165, 1.54) is 5.56 Å². The SMILES string of the molecule is CC(C)Oc1cccc(C(C)NC(C)c2ccccn2)c1. The third-order valence-electron chi connectivity index (χ3n) is 3.36. The molecule has 1 aromatic carbocycles. The molecule has 2 unspecified atom stereocenters. The molecule has 0 amide bonds. The fourth-order valence-corrected chi connectivity index (χ4v) is 2.32. The maximum Gasteiger partial charge on any atom is 0.120 e. The lowest BCUT2D eigenvalue weighted by atomic mass is 10.1. The fraction of sp³-hybridized carbons (Fsp3) is 0.389. The van der Waals surface area contributed by atoms with Gasteiger partial charge in [-0.05, 0) is 57.5 Å². The van der Waals surface area contributed by atoms with E-state index in [2.05, 4.69) is 36.3 Å². The lowest BCUT2D eigenvalue weighted by Gasteiger charge is -2.21. The van der Waals surface area contributed by atoms with Crippen LogP contribution in [-0.2, 0) is 0 Å². The van der Waals surface area contributed by atoms with E-state index in [1.54, 1.807) is 0 Å². The zero-order valence-corrected chi connectivity index (χ0v) is 13.2. The van der Waals surface area contributed by atoms with Crippen LogP contribution in [0.4, 0.5) is 0 Å². The van der Waals surface area contributed by atoms with Crippen molar-refractivity contribution >= 4 is 0 Å². The summed E-state index contributed by atoms with van der Waals surface area (Å²) in [6.07, 6.45) is 2.02. The molecule has 3 heteroatoms. The number of nitrogens with zero attached hydrogens (tertiary/aromatic N) is 1. The monoisotopic (exact) mass is 284 g/mol. The second-order valence-corrected chi connectivity index (χ2v) is 5.60. The molecule has 1 aromatic heterocycles. The molecule has 2 aromatic rings. The van der Waals surface area contributed by atoms with Crippen LogP contribution in [0.3, 0.4) is 0 Å². The van der Waals surface area contributed by atoms with Crippen LogP contribution in [0.25, 0.3) is 0 Å². The number of rotatable bonds is 6. The Morgan fingerprint density at radius 3 is 2.43 bits per heavy atom. The van der Waals surface area contributed by atoms with Crippen molar-refractivity contribution < 1.29 is 4.74 Å². The molecule has 0 aliphatic heterocycles. The standard InChI is InChI=1S/C18H24N2O/c1-13(2)21-17-9-7-8-16(12-17)14(3)20-15(4)18-10-5-6-11-19-18/h5-15,20H,1-4H3. The molecule has 2 rings (SSSR count). The highest BCUT2D eigenvalue weighted by molar-refractivity contribution is 5.30. The Balaban J connectivity index is 2.04. The molecule has 3 nitrogen and oxygen atoms in total. The average Bonchev–Trinajstić information content (AvgIpc) is 2.47. The van der Waals surface area contributed by atoms with Gasteiger partial charge in [0.2, 0.25) is 0 Å². The van der Waals surface area contributed by atoms with Gasteiger partial charge in [0, 0.05) is 18.3 Å². The molecule has 0 saturated carbocycles. The third-order valence-corrected chi connectivity index (χ3v) is 3.36. The minimum atomic E-state index is 0.191. The Labute approximate surface area is 127 Å². The maximum absolute atomic E-state index is 5.75. The number of hydrogen-bond acceptors (Lipinski definition) is 3. The third kappa shape index (κ3) is 4.57. The Bertz CT molecular complexity index is 554. The lowest BCUT2D eigenvalue weighted by Crippen LogP contribution is -2.23. The van der Waals surface area contributed by atoms with E-state index in [4.69, 9.17) is 4.74 Å². The van der Waals surface area contributed by atoms with E-state index < -0.39 is 0 Å². The van der Waals surface area contributed by atoms with Crippen LogP contribution < -0.4 is 10.1 Å². The van der Waals surface area contributed by atoms with Crippen LogP contribution in [-0.4, -0.2) is 11.1 Å². The molecular formula is C18H24N2O. The molecule has 0 aliphatic rings. The predicted molar refractivity (Wildman–Crippen MR) is 86.4 cm³/mol. The summed E-state index contributed by atoms with van der Waals surface area (Å²) in [5, 5.41) is 3.57. The molecule has 112 valence electrons. The molecule has 21 heavy (non-hydrogen) atoms. The first kappa shape index (κ1) is 15.5. The molecule has 0 aliphatic carbocycles. The van der Waals surface area contributed by atoms with E-state index in [0.29, 0.717) is 0 Å². The number of hydrogen-bond donors (Lipinski definition) is 1. The second-order valence-electron chi connectivity index (χ2n) is 5.60. The van der Waals surface area contributed by atoms with Crippen LogP contribution in [0.5, 0.6) is 5.75 Å². The molecule has 1 N–H and O–H groups in total. The van der Waals surface area contributed by atoms with Crippen LogP contribution >= 0.6 is 0 Å². The molecule has 0 bridgehead atoms. The van der Waals surface area contributed by atoms with Gasteiger partial charge in [-0.25, -0.2) is 0 Å². The highest BCUT2D eigenvalue weighted by atomic mass is 16.5. The summed E-state index contributed by atoms with van der Waals surface area (Å²) in [6.45, 7) is 8.37. The van der Waals surface area contributed by atoms with Crippen LogP contribution in [0.15, 0.2) is 48.7 Å². The molecule has 0 radical (unpaired) electrons. The average molecular weight is 284 g/mol. The molecule has 0 saturated heterocycles. The second kappa shape index (κ2) is 7.23. The van der Waals surface area contributed by atoms with E-state index in [1.807, 2.05) is 50.4 Å². The fourth-order valence-electron chi connectivity index (χ4n) is 2.32. The minimum absolute atomic E-state index is 0.191. The van der Waals surface area contributed by atoms with Gasteiger partial charge in [0.25, 0.3) is 0 Å². The van der Waals surface area contributed by atoms with Crippen LogP contribution in [0.1, 0.15) is 51.0 Å². The van der Waals surface area contributed by atoms with Crippen molar-refractivity contribution in [2.24, 2.45) is 0 Å². The predicted octanol–water partition coefficient (Wildman–Crippen LogP) is 4.28. The highest BCUT2D eigenvalue weighted by Crippen LogP contribution is 2.22. The zero-order valence-electron chi connectivity index (χ0n) is 13.2. The van der Waals surface area contributed by atoms with E-state index >= 15 is 0 Å². The van der Waals surface area contributed by atoms with Gasteiger partial charge in [-0.15, -0.1) is 0 Å². The quantitative estimate of drug-likeness (QED) is 0.859. The summed E-state index contributed by atoms with van der Waals surface area (Å²) in [5.41, 5.74) is 2.27. The Morgan fingerprint density at radius 1 is 0.952 bits per heavy atom. The molecule has 1 heterocycles. The summed E-state index contributed by atoms with van der Waals surface area (Å²) in [6, 6.07) is 14.7. The summed E-state index contributed by atoms with van der Waals surface area (Å²) >= 11 is 0. The van der Waals surface area contributed by atoms with Crippen molar-refractivity contribution in [1.29, 1.82) is 0 Å². The van der Waals surface area contributed by atoms with Crippen molar-refractivity contribution in [2.75, 3.05) is 0 Å². The summed E-state index contributed by atoms with van der Waals surface area (Å²) in [5.74, 6) is 0.918. The van der Waals surface area contributed by atoms with Crippen LogP contribution in [0.2, 0.25) is 0 Å². The molecule has 2 atom stereocenters. The number of benzene rings is 1. The Kier molecular flexibility index (Phi) is 5.34. The normalized spacial score (nSPS) is 14.0. The first-order chi connectivity index (χ1) is 10.1. The number of aromatic nitrogens is 1. The number of pyridine rings is 1. The van der Waals surface area contributed by atoms with Gasteiger partial charge in [0.05, 0.1) is 11.8 Å². The first-order valence-electron chi connectivity index (χ1n) is 7.50. The van der Waals surface area contributed by atoms with Gasteiger partial charge < -0.3 is 10.1 Å². The minimum Gasteiger partial charge on any atom is -0.491 e. The topological polar surface area (TPSA) is 34.1 Å². The lowest BCUT2D eigenvalue weighted by molar-refractivity contribution is 0.242. The maximum atomic E-state index is 5.75. The smallest absolute Gasteiger partial charge is 0.120 e. The molecular weight excluding hydrogens is 260 g/mol. The molecule has 0 spiro atoms. The van der Waals surface area contributed by atoms with Gasteiger partial charge in [0.1, 0.15) is 5.75 Å². The summed E-state index contributed by atoms with van der Waals surface area (Å²) in [7, 11) is 0. The van der Waals surface area contributed by atoms with E-state index in [-0.39, 0.29) is 18.2 Å². The largest absolute Gasteiger partial charge is 0.491 e. The Hall–Kier alpha value is -1.87. The zero-order chi connectivity index (χ0) is 15.2. The van der Waals surface area contributed by atoms with Crippen molar-refractivity contribution in [1.82, 2.24) is 10.3 Å². The summed E-state index contributed by atoms with van der Waals surface area (Å²) < 4.78 is 5.75. The van der Waals surface area contributed by atoms with Gasteiger partial charge in [-0.2, -0.15) is 0 Å². The number of nitrogens with one attached hydrogen (secondary N) is 1. The van der Waals surface area contributed by atoms with Crippen LogP contribution in [0, 0.1) is 0 Å². The molecule has 0 fully saturated rings. The van der Waals surface area contributed by atoms with Crippen molar-refractivity contribution in [2.45, 2.75) is 45.9 Å².